The quantitative estimate of drug-likeness (QED) is 0.325. The van der Waals surface area contributed by atoms with E-state index in [2.05, 4.69) is 15.3 Å². The summed E-state index contributed by atoms with van der Waals surface area (Å²) in [7, 11) is 0. The largest absolute Gasteiger partial charge is 0.451 e. The van der Waals surface area contributed by atoms with Crippen LogP contribution in [-0.2, 0) is 6.18 Å². The van der Waals surface area contributed by atoms with Gasteiger partial charge in [0.05, 0.1) is 0 Å². The number of halogens is 6. The predicted molar refractivity (Wildman–Crippen MR) is 63.2 cm³/mol. The molecule has 0 fully saturated rings. The Morgan fingerprint density at radius 3 is 2.14 bits per heavy atom. The van der Waals surface area contributed by atoms with Crippen molar-refractivity contribution in [2.45, 2.75) is 31.6 Å². The molecule has 0 aliphatic rings. The van der Waals surface area contributed by atoms with Crippen LogP contribution in [0.2, 0.25) is 0 Å². The fourth-order valence-electron chi connectivity index (χ4n) is 1.41. The molecule has 0 radical (unpaired) electrons. The highest BCUT2D eigenvalue weighted by Crippen LogP contribution is 2.28. The Bertz CT molecular complexity index is 458. The zero-order chi connectivity index (χ0) is 16.1. The van der Waals surface area contributed by atoms with Crippen LogP contribution in [0.15, 0.2) is 6.07 Å². The van der Waals surface area contributed by atoms with Gasteiger partial charge in [-0.1, -0.05) is 0 Å². The second-order valence-corrected chi connectivity index (χ2v) is 4.10. The lowest BCUT2D eigenvalue weighted by Crippen LogP contribution is -2.17. The summed E-state index contributed by atoms with van der Waals surface area (Å²) >= 11 is 0. The predicted octanol–water partition coefficient (Wildman–Crippen LogP) is 2.93. The number of nitrogen functional groups attached to an aromatic ring is 1. The first-order valence-electron chi connectivity index (χ1n) is 5.85. The van der Waals surface area contributed by atoms with E-state index in [0.29, 0.717) is 0 Å². The van der Waals surface area contributed by atoms with Crippen molar-refractivity contribution in [1.29, 1.82) is 0 Å². The normalized spacial score (nSPS) is 12.3. The topological polar surface area (TPSA) is 75.9 Å². The lowest BCUT2D eigenvalue weighted by atomic mass is 10.2. The molecule has 5 nitrogen and oxygen atoms in total. The third-order valence-electron chi connectivity index (χ3n) is 2.32. The third kappa shape index (κ3) is 6.47. The lowest BCUT2D eigenvalue weighted by Gasteiger charge is -2.11. The highest BCUT2D eigenvalue weighted by Gasteiger charge is 2.35. The number of hydrogen-bond donors (Lipinski definition) is 3. The van der Waals surface area contributed by atoms with Crippen molar-refractivity contribution < 1.29 is 26.3 Å². The van der Waals surface area contributed by atoms with Gasteiger partial charge < -0.3 is 10.7 Å². The van der Waals surface area contributed by atoms with E-state index in [0.717, 1.165) is 6.07 Å². The smallest absolute Gasteiger partial charge is 0.370 e. The van der Waals surface area contributed by atoms with Gasteiger partial charge in [0.15, 0.2) is 0 Å². The van der Waals surface area contributed by atoms with Crippen LogP contribution in [0, 0.1) is 0 Å². The second-order valence-electron chi connectivity index (χ2n) is 4.10. The summed E-state index contributed by atoms with van der Waals surface area (Å²) in [6.07, 6.45) is -9.93. The second kappa shape index (κ2) is 6.78. The molecule has 1 rings (SSSR count). The average Bonchev–Trinajstić information content (AvgIpc) is 2.35. The molecule has 0 bridgehead atoms. The van der Waals surface area contributed by atoms with Crippen LogP contribution in [0.1, 0.15) is 25.1 Å². The number of aromatic nitrogens is 2. The van der Waals surface area contributed by atoms with Crippen molar-refractivity contribution in [3.63, 3.8) is 0 Å². The molecule has 0 amide bonds. The molecule has 0 unspecified atom stereocenters. The maximum absolute atomic E-state index is 12.5. The van der Waals surface area contributed by atoms with Crippen LogP contribution in [0.4, 0.5) is 38.0 Å². The average molecular weight is 317 g/mol. The van der Waals surface area contributed by atoms with E-state index >= 15 is 0 Å². The van der Waals surface area contributed by atoms with E-state index < -0.39 is 24.6 Å². The van der Waals surface area contributed by atoms with E-state index in [1.54, 1.807) is 0 Å². The van der Waals surface area contributed by atoms with E-state index in [1.807, 2.05) is 5.43 Å². The molecule has 1 heterocycles. The molecular weight excluding hydrogens is 304 g/mol. The summed E-state index contributed by atoms with van der Waals surface area (Å²) in [6.45, 7) is 0.0500. The highest BCUT2D eigenvalue weighted by atomic mass is 19.4. The van der Waals surface area contributed by atoms with E-state index in [9.17, 15) is 26.3 Å². The van der Waals surface area contributed by atoms with Crippen LogP contribution < -0.4 is 16.6 Å². The summed E-state index contributed by atoms with van der Waals surface area (Å²) in [6, 6.07) is 1.12. The molecule has 0 aromatic carbocycles. The lowest BCUT2D eigenvalue weighted by molar-refractivity contribution is -0.144. The molecule has 0 aliphatic heterocycles. The fourth-order valence-corrected chi connectivity index (χ4v) is 1.41. The monoisotopic (exact) mass is 317 g/mol. The van der Waals surface area contributed by atoms with Crippen molar-refractivity contribution in [3.8, 4) is 0 Å². The minimum atomic E-state index is -4.75. The first-order chi connectivity index (χ1) is 9.62. The van der Waals surface area contributed by atoms with E-state index in [4.69, 9.17) is 5.84 Å². The van der Waals surface area contributed by atoms with Crippen LogP contribution in [0.25, 0.3) is 0 Å². The Labute approximate surface area is 115 Å². The number of nitrogens with two attached hydrogens (primary N) is 1. The number of hydrazine groups is 1. The number of hydrogen-bond acceptors (Lipinski definition) is 5. The van der Waals surface area contributed by atoms with Crippen LogP contribution in [0.5, 0.6) is 0 Å². The Morgan fingerprint density at radius 1 is 1.00 bits per heavy atom. The Morgan fingerprint density at radius 2 is 1.62 bits per heavy atom. The van der Waals surface area contributed by atoms with Gasteiger partial charge in [-0.2, -0.15) is 26.3 Å². The minimum Gasteiger partial charge on any atom is -0.370 e. The maximum atomic E-state index is 12.5. The Balaban J connectivity index is 2.59. The van der Waals surface area contributed by atoms with Crippen molar-refractivity contribution in [3.05, 3.63) is 11.9 Å². The van der Waals surface area contributed by atoms with Gasteiger partial charge in [-0.25, -0.2) is 15.8 Å². The van der Waals surface area contributed by atoms with Crippen molar-refractivity contribution >= 4 is 11.6 Å². The number of rotatable bonds is 6. The molecule has 0 atom stereocenters. The van der Waals surface area contributed by atoms with E-state index in [1.165, 1.54) is 0 Å². The van der Waals surface area contributed by atoms with Crippen LogP contribution in [-0.4, -0.2) is 22.7 Å². The summed E-state index contributed by atoms with van der Waals surface area (Å²) in [5.41, 5.74) is 1.96. The molecule has 21 heavy (non-hydrogen) atoms. The molecule has 0 saturated heterocycles. The van der Waals surface area contributed by atoms with Gasteiger partial charge in [-0.3, -0.25) is 0 Å². The van der Waals surface area contributed by atoms with Gasteiger partial charge in [-0.15, -0.1) is 0 Å². The SMILES string of the molecule is NNc1cc(NCCCCC(F)(F)F)nc(C(F)(F)F)n1. The van der Waals surface area contributed by atoms with Gasteiger partial charge in [0, 0.05) is 19.0 Å². The summed E-state index contributed by atoms with van der Waals surface area (Å²) in [5.74, 6) is 3.18. The molecule has 11 heteroatoms. The van der Waals surface area contributed by atoms with Crippen LogP contribution in [0.3, 0.4) is 0 Å². The van der Waals surface area contributed by atoms with Crippen molar-refractivity contribution in [2.24, 2.45) is 5.84 Å². The molecule has 0 saturated carbocycles. The molecule has 0 spiro atoms. The number of alkyl halides is 6. The third-order valence-corrected chi connectivity index (χ3v) is 2.32. The Kier molecular flexibility index (Phi) is 5.58. The molecule has 120 valence electrons. The highest BCUT2D eigenvalue weighted by molar-refractivity contribution is 5.47. The van der Waals surface area contributed by atoms with Crippen LogP contribution >= 0.6 is 0 Å². The van der Waals surface area contributed by atoms with Gasteiger partial charge in [-0.05, 0) is 12.8 Å². The molecule has 1 aromatic rings. The molecule has 0 aliphatic carbocycles. The van der Waals surface area contributed by atoms with E-state index in [-0.39, 0.29) is 31.0 Å². The summed E-state index contributed by atoms with van der Waals surface area (Å²) in [5, 5.41) is 2.50. The standard InChI is InChI=1S/C10H13F6N5/c11-9(12,13)3-1-2-4-18-6-5-7(21-17)20-8(19-6)10(14,15)16/h5H,1-4,17H2,(H2,18,19,20,21). The first kappa shape index (κ1) is 17.3. The molecule has 1 aromatic heterocycles. The maximum Gasteiger partial charge on any atom is 0.451 e. The minimum absolute atomic E-state index is 0.0500. The number of anilines is 2. The van der Waals surface area contributed by atoms with Crippen molar-refractivity contribution in [1.82, 2.24) is 9.97 Å². The zero-order valence-electron chi connectivity index (χ0n) is 10.6. The first-order valence-corrected chi connectivity index (χ1v) is 5.85. The number of nitrogens with zero attached hydrogens (tertiary/aromatic N) is 2. The van der Waals surface area contributed by atoms with Gasteiger partial charge >= 0.3 is 12.4 Å². The van der Waals surface area contributed by atoms with Crippen molar-refractivity contribution in [2.75, 3.05) is 17.3 Å². The Hall–Kier alpha value is -1.78. The zero-order valence-corrected chi connectivity index (χ0v) is 10.6. The van der Waals surface area contributed by atoms with Gasteiger partial charge in [0.1, 0.15) is 11.6 Å². The van der Waals surface area contributed by atoms with Gasteiger partial charge in [0.25, 0.3) is 0 Å². The summed E-state index contributed by atoms with van der Waals surface area (Å²) in [4.78, 5) is 6.37. The fraction of sp³-hybridized carbons (Fsp3) is 0.600. The molecular formula is C10H13F6N5. The number of nitrogens with one attached hydrogen (secondary N) is 2. The molecule has 4 N–H and O–H groups in total. The number of unbranched alkanes of at least 4 members (excludes halogenated alkanes) is 1. The van der Waals surface area contributed by atoms with Gasteiger partial charge in [0.2, 0.25) is 5.82 Å². The summed E-state index contributed by atoms with van der Waals surface area (Å²) < 4.78 is 73.2.